The van der Waals surface area contributed by atoms with E-state index in [-0.39, 0.29) is 6.04 Å². The van der Waals surface area contributed by atoms with Crippen LogP contribution in [-0.2, 0) is 0 Å². The van der Waals surface area contributed by atoms with Crippen molar-refractivity contribution in [1.82, 2.24) is 0 Å². The molecule has 1 atom stereocenters. The molecular weight excluding hydrogens is 286 g/mol. The summed E-state index contributed by atoms with van der Waals surface area (Å²) in [6.45, 7) is 7.10. The second-order valence-corrected chi connectivity index (χ2v) is 6.07. The van der Waals surface area contributed by atoms with Crippen LogP contribution in [0.2, 0.25) is 0 Å². The number of anilines is 1. The molecule has 1 aliphatic heterocycles. The molecule has 0 fully saturated rings. The first-order chi connectivity index (χ1) is 11.0. The number of nitrogens with two attached hydrogens (primary N) is 1. The number of hydrogen-bond donors (Lipinski definition) is 1. The number of nitrogens with zero attached hydrogens (tertiary/aromatic N) is 2. The molecule has 0 bridgehead atoms. The van der Waals surface area contributed by atoms with Crippen LogP contribution < -0.4 is 15.4 Å². The Morgan fingerprint density at radius 1 is 1.13 bits per heavy atom. The average molecular weight is 309 g/mol. The fraction of sp³-hybridized carbons (Fsp3) is 0.316. The monoisotopic (exact) mass is 309 g/mol. The average Bonchev–Trinajstić information content (AvgIpc) is 2.87. The third-order valence-corrected chi connectivity index (χ3v) is 4.40. The molecule has 0 spiro atoms. The number of guanidine groups is 1. The van der Waals surface area contributed by atoms with E-state index in [9.17, 15) is 0 Å². The predicted molar refractivity (Wildman–Crippen MR) is 95.4 cm³/mol. The Hall–Kier alpha value is -2.49. The zero-order chi connectivity index (χ0) is 16.6. The van der Waals surface area contributed by atoms with Gasteiger partial charge in [0.25, 0.3) is 0 Å². The zero-order valence-corrected chi connectivity index (χ0v) is 14.1. The van der Waals surface area contributed by atoms with Gasteiger partial charge in [-0.2, -0.15) is 0 Å². The van der Waals surface area contributed by atoms with Crippen molar-refractivity contribution in [3.63, 3.8) is 0 Å². The molecule has 1 unspecified atom stereocenters. The predicted octanol–water partition coefficient (Wildman–Crippen LogP) is 3.50. The van der Waals surface area contributed by atoms with Crippen LogP contribution in [0, 0.1) is 20.8 Å². The Morgan fingerprint density at radius 2 is 1.78 bits per heavy atom. The molecule has 120 valence electrons. The summed E-state index contributed by atoms with van der Waals surface area (Å²) in [5.41, 5.74) is 12.3. The summed E-state index contributed by atoms with van der Waals surface area (Å²) in [6, 6.07) is 12.5. The third-order valence-electron chi connectivity index (χ3n) is 4.40. The van der Waals surface area contributed by atoms with Crippen molar-refractivity contribution in [3.8, 4) is 5.75 Å². The molecule has 2 N–H and O–H groups in total. The van der Waals surface area contributed by atoms with Gasteiger partial charge in [-0.15, -0.1) is 0 Å². The first-order valence-corrected chi connectivity index (χ1v) is 7.83. The number of aliphatic imine (C=N–C) groups is 1. The summed E-state index contributed by atoms with van der Waals surface area (Å²) < 4.78 is 5.52. The summed E-state index contributed by atoms with van der Waals surface area (Å²) in [5.74, 6) is 1.35. The van der Waals surface area contributed by atoms with Crippen molar-refractivity contribution in [2.75, 3.05) is 18.6 Å². The molecule has 0 aromatic heterocycles. The van der Waals surface area contributed by atoms with Gasteiger partial charge in [0.15, 0.2) is 5.96 Å². The van der Waals surface area contributed by atoms with Crippen LogP contribution in [0.25, 0.3) is 0 Å². The minimum atomic E-state index is 0.104. The van der Waals surface area contributed by atoms with E-state index in [2.05, 4.69) is 42.8 Å². The van der Waals surface area contributed by atoms with Gasteiger partial charge in [0.2, 0.25) is 0 Å². The number of hydrogen-bond acceptors (Lipinski definition) is 4. The maximum atomic E-state index is 6.21. The highest BCUT2D eigenvalue weighted by Crippen LogP contribution is 2.38. The Balaban J connectivity index is 2.11. The van der Waals surface area contributed by atoms with Crippen LogP contribution in [0.5, 0.6) is 5.75 Å². The molecule has 3 rings (SSSR count). The van der Waals surface area contributed by atoms with Crippen molar-refractivity contribution in [3.05, 3.63) is 58.7 Å². The molecule has 2 aromatic rings. The van der Waals surface area contributed by atoms with Crippen molar-refractivity contribution in [1.29, 1.82) is 0 Å². The molecule has 2 aromatic carbocycles. The van der Waals surface area contributed by atoms with E-state index in [1.165, 1.54) is 22.3 Å². The molecule has 4 nitrogen and oxygen atoms in total. The molecule has 0 saturated carbocycles. The summed E-state index contributed by atoms with van der Waals surface area (Å²) in [7, 11) is 1.68. The number of para-hydroxylation sites is 2. The summed E-state index contributed by atoms with van der Waals surface area (Å²) >= 11 is 0. The van der Waals surface area contributed by atoms with E-state index in [4.69, 9.17) is 10.5 Å². The van der Waals surface area contributed by atoms with Crippen LogP contribution in [-0.4, -0.2) is 19.6 Å². The van der Waals surface area contributed by atoms with Gasteiger partial charge in [-0.05, 0) is 49.6 Å². The molecule has 0 saturated heterocycles. The van der Waals surface area contributed by atoms with E-state index in [1.54, 1.807) is 7.11 Å². The highest BCUT2D eigenvalue weighted by atomic mass is 16.5. The number of ether oxygens (including phenoxy) is 1. The van der Waals surface area contributed by atoms with Crippen molar-refractivity contribution < 1.29 is 4.74 Å². The summed E-state index contributed by atoms with van der Waals surface area (Å²) in [4.78, 5) is 6.58. The lowest BCUT2D eigenvalue weighted by Gasteiger charge is -2.30. The highest BCUT2D eigenvalue weighted by Gasteiger charge is 2.32. The molecule has 0 aliphatic carbocycles. The van der Waals surface area contributed by atoms with Gasteiger partial charge < -0.3 is 10.5 Å². The maximum Gasteiger partial charge on any atom is 0.196 e. The fourth-order valence-corrected chi connectivity index (χ4v) is 3.55. The number of aryl methyl sites for hydroxylation is 3. The molecule has 0 amide bonds. The van der Waals surface area contributed by atoms with Crippen molar-refractivity contribution >= 4 is 11.6 Å². The van der Waals surface area contributed by atoms with Crippen molar-refractivity contribution in [2.24, 2.45) is 10.7 Å². The maximum absolute atomic E-state index is 6.21. The molecule has 4 heteroatoms. The van der Waals surface area contributed by atoms with E-state index < -0.39 is 0 Å². The first kappa shape index (κ1) is 15.4. The van der Waals surface area contributed by atoms with E-state index in [0.717, 1.165) is 11.4 Å². The topological polar surface area (TPSA) is 50.9 Å². The Labute approximate surface area is 137 Å². The molecule has 0 radical (unpaired) electrons. The normalized spacial score (nSPS) is 17.3. The van der Waals surface area contributed by atoms with Gasteiger partial charge >= 0.3 is 0 Å². The summed E-state index contributed by atoms with van der Waals surface area (Å²) in [5, 5.41) is 0. The summed E-state index contributed by atoms with van der Waals surface area (Å²) in [6.07, 6.45) is 0. The van der Waals surface area contributed by atoms with Crippen molar-refractivity contribution in [2.45, 2.75) is 26.8 Å². The Morgan fingerprint density at radius 3 is 2.43 bits per heavy atom. The van der Waals surface area contributed by atoms with E-state index >= 15 is 0 Å². The third kappa shape index (κ3) is 2.65. The van der Waals surface area contributed by atoms with Gasteiger partial charge in [0.05, 0.1) is 25.4 Å². The SMILES string of the molecule is COc1ccccc1N1C(N)=NCC1c1c(C)cc(C)cc1C. The fourth-order valence-electron chi connectivity index (χ4n) is 3.55. The smallest absolute Gasteiger partial charge is 0.196 e. The van der Waals surface area contributed by atoms with Crippen LogP contribution in [0.15, 0.2) is 41.4 Å². The number of rotatable bonds is 3. The van der Waals surface area contributed by atoms with Gasteiger partial charge in [-0.25, -0.2) is 0 Å². The van der Waals surface area contributed by atoms with Crippen LogP contribution in [0.4, 0.5) is 5.69 Å². The minimum absolute atomic E-state index is 0.104. The quantitative estimate of drug-likeness (QED) is 0.944. The largest absolute Gasteiger partial charge is 0.495 e. The molecular formula is C19H23N3O. The van der Waals surface area contributed by atoms with Crippen LogP contribution in [0.3, 0.4) is 0 Å². The number of benzene rings is 2. The molecule has 23 heavy (non-hydrogen) atoms. The van der Waals surface area contributed by atoms with Gasteiger partial charge in [0, 0.05) is 0 Å². The van der Waals surface area contributed by atoms with E-state index in [0.29, 0.717) is 12.5 Å². The van der Waals surface area contributed by atoms with Crippen LogP contribution >= 0.6 is 0 Å². The standard InChI is InChI=1S/C19H23N3O/c1-12-9-13(2)18(14(3)10-12)16-11-21-19(20)22(16)15-7-5-6-8-17(15)23-4/h5-10,16H,11H2,1-4H3,(H2,20,21). The minimum Gasteiger partial charge on any atom is -0.495 e. The Bertz CT molecular complexity index is 744. The van der Waals surface area contributed by atoms with Crippen LogP contribution in [0.1, 0.15) is 28.3 Å². The highest BCUT2D eigenvalue weighted by molar-refractivity contribution is 5.98. The van der Waals surface area contributed by atoms with Gasteiger partial charge in [-0.3, -0.25) is 9.89 Å². The first-order valence-electron chi connectivity index (χ1n) is 7.83. The molecule has 1 heterocycles. The number of methoxy groups -OCH3 is 1. The lowest BCUT2D eigenvalue weighted by molar-refractivity contribution is 0.415. The molecule has 1 aliphatic rings. The second kappa shape index (κ2) is 5.95. The Kier molecular flexibility index (Phi) is 3.99. The zero-order valence-electron chi connectivity index (χ0n) is 14.1. The van der Waals surface area contributed by atoms with E-state index in [1.807, 2.05) is 24.3 Å². The lowest BCUT2D eigenvalue weighted by atomic mass is 9.93. The lowest BCUT2D eigenvalue weighted by Crippen LogP contribution is -2.37. The van der Waals surface area contributed by atoms with Gasteiger partial charge in [0.1, 0.15) is 5.75 Å². The van der Waals surface area contributed by atoms with Gasteiger partial charge in [-0.1, -0.05) is 29.8 Å². The second-order valence-electron chi connectivity index (χ2n) is 6.07.